The van der Waals surface area contributed by atoms with Crippen molar-refractivity contribution in [2.45, 2.75) is 13.0 Å². The van der Waals surface area contributed by atoms with Crippen LogP contribution in [0.15, 0.2) is 91.0 Å². The molecule has 0 amide bonds. The van der Waals surface area contributed by atoms with Crippen LogP contribution in [0.3, 0.4) is 0 Å². The molecular weight excluding hydrogens is 320 g/mol. The Morgan fingerprint density at radius 2 is 1.46 bits per heavy atom. The van der Waals surface area contributed by atoms with Crippen molar-refractivity contribution in [3.63, 3.8) is 0 Å². The van der Waals surface area contributed by atoms with Gasteiger partial charge in [-0.3, -0.25) is 0 Å². The van der Waals surface area contributed by atoms with E-state index in [1.54, 1.807) is 0 Å². The quantitative estimate of drug-likeness (QED) is 0.504. The Kier molecular flexibility index (Phi) is 4.57. The van der Waals surface area contributed by atoms with Crippen molar-refractivity contribution in [1.29, 1.82) is 0 Å². The van der Waals surface area contributed by atoms with E-state index in [4.69, 9.17) is 4.74 Å². The van der Waals surface area contributed by atoms with E-state index < -0.39 is 0 Å². The molecule has 0 unspecified atom stereocenters. The van der Waals surface area contributed by atoms with Gasteiger partial charge in [0.15, 0.2) is 0 Å². The van der Waals surface area contributed by atoms with Crippen molar-refractivity contribution >= 4 is 10.8 Å². The summed E-state index contributed by atoms with van der Waals surface area (Å²) in [6.07, 6.45) is 0.666. The third-order valence-electron chi connectivity index (χ3n) is 4.53. The molecule has 0 aliphatic heterocycles. The average molecular weight is 340 g/mol. The largest absolute Gasteiger partial charge is 0.507 e. The van der Waals surface area contributed by atoms with Gasteiger partial charge in [0, 0.05) is 11.8 Å². The molecule has 0 saturated heterocycles. The van der Waals surface area contributed by atoms with Crippen molar-refractivity contribution in [2.24, 2.45) is 0 Å². The standard InChI is InChI=1S/C24H20O2/c25-24-21(14-13-20-10-4-5-12-23(20)24)15-19-9-6-11-22(16-19)26-17-18-7-2-1-3-8-18/h1-14,16,25H,15,17H2. The fourth-order valence-electron chi connectivity index (χ4n) is 3.15. The van der Waals surface area contributed by atoms with Gasteiger partial charge >= 0.3 is 0 Å². The van der Waals surface area contributed by atoms with E-state index >= 15 is 0 Å². The minimum Gasteiger partial charge on any atom is -0.507 e. The lowest BCUT2D eigenvalue weighted by Crippen LogP contribution is -1.96. The zero-order valence-corrected chi connectivity index (χ0v) is 14.4. The third kappa shape index (κ3) is 3.55. The van der Waals surface area contributed by atoms with Crippen molar-refractivity contribution in [3.05, 3.63) is 108 Å². The van der Waals surface area contributed by atoms with Crippen LogP contribution in [0.25, 0.3) is 10.8 Å². The summed E-state index contributed by atoms with van der Waals surface area (Å²) >= 11 is 0. The van der Waals surface area contributed by atoms with E-state index in [1.807, 2.05) is 66.7 Å². The average Bonchev–Trinajstić information content (AvgIpc) is 2.70. The zero-order valence-electron chi connectivity index (χ0n) is 14.4. The van der Waals surface area contributed by atoms with Crippen LogP contribution < -0.4 is 4.74 Å². The summed E-state index contributed by atoms with van der Waals surface area (Å²) in [6.45, 7) is 0.547. The highest BCUT2D eigenvalue weighted by atomic mass is 16.5. The van der Waals surface area contributed by atoms with Gasteiger partial charge in [0.25, 0.3) is 0 Å². The molecular formula is C24H20O2. The van der Waals surface area contributed by atoms with Crippen LogP contribution in [0.2, 0.25) is 0 Å². The van der Waals surface area contributed by atoms with E-state index in [-0.39, 0.29) is 0 Å². The first-order valence-electron chi connectivity index (χ1n) is 8.75. The second-order valence-electron chi connectivity index (χ2n) is 6.39. The van der Waals surface area contributed by atoms with Gasteiger partial charge in [0.05, 0.1) is 0 Å². The highest BCUT2D eigenvalue weighted by Crippen LogP contribution is 2.30. The maximum Gasteiger partial charge on any atom is 0.126 e. The molecule has 0 bridgehead atoms. The molecule has 0 atom stereocenters. The van der Waals surface area contributed by atoms with Crippen LogP contribution in [-0.4, -0.2) is 5.11 Å². The molecule has 0 saturated carbocycles. The number of hydrogen-bond acceptors (Lipinski definition) is 2. The maximum absolute atomic E-state index is 10.6. The summed E-state index contributed by atoms with van der Waals surface area (Å²) < 4.78 is 5.91. The molecule has 0 fully saturated rings. The number of hydrogen-bond donors (Lipinski definition) is 1. The molecule has 0 heterocycles. The van der Waals surface area contributed by atoms with Crippen LogP contribution in [0, 0.1) is 0 Å². The summed E-state index contributed by atoms with van der Waals surface area (Å²) in [6, 6.07) is 30.1. The van der Waals surface area contributed by atoms with Gasteiger partial charge in [-0.1, -0.05) is 78.9 Å². The lowest BCUT2D eigenvalue weighted by molar-refractivity contribution is 0.306. The molecule has 26 heavy (non-hydrogen) atoms. The Morgan fingerprint density at radius 1 is 0.692 bits per heavy atom. The predicted octanol–water partition coefficient (Wildman–Crippen LogP) is 5.72. The highest BCUT2D eigenvalue weighted by Gasteiger charge is 2.07. The maximum atomic E-state index is 10.6. The molecule has 4 rings (SSSR count). The van der Waals surface area contributed by atoms with Crippen molar-refractivity contribution in [1.82, 2.24) is 0 Å². The summed E-state index contributed by atoms with van der Waals surface area (Å²) in [5.74, 6) is 1.20. The molecule has 2 nitrogen and oxygen atoms in total. The number of fused-ring (bicyclic) bond motifs is 1. The summed E-state index contributed by atoms with van der Waals surface area (Å²) in [5.41, 5.74) is 3.18. The van der Waals surface area contributed by atoms with Gasteiger partial charge in [-0.05, 0) is 34.2 Å². The lowest BCUT2D eigenvalue weighted by Gasteiger charge is -2.10. The Labute approximate surface area is 153 Å². The predicted molar refractivity (Wildman–Crippen MR) is 106 cm³/mol. The first-order valence-corrected chi connectivity index (χ1v) is 8.75. The van der Waals surface area contributed by atoms with E-state index in [2.05, 4.69) is 24.3 Å². The molecule has 1 N–H and O–H groups in total. The Balaban J connectivity index is 1.53. The number of aromatic hydroxyl groups is 1. The Hall–Kier alpha value is -3.26. The number of phenolic OH excluding ortho intramolecular Hbond substituents is 1. The Morgan fingerprint density at radius 3 is 2.35 bits per heavy atom. The minimum atomic E-state index is 0.360. The molecule has 0 aromatic heterocycles. The molecule has 2 heteroatoms. The fraction of sp³-hybridized carbons (Fsp3) is 0.0833. The van der Waals surface area contributed by atoms with E-state index in [0.29, 0.717) is 18.8 Å². The van der Waals surface area contributed by atoms with Crippen molar-refractivity contribution in [3.8, 4) is 11.5 Å². The summed E-state index contributed by atoms with van der Waals surface area (Å²) in [4.78, 5) is 0. The van der Waals surface area contributed by atoms with Crippen LogP contribution in [0.5, 0.6) is 11.5 Å². The normalized spacial score (nSPS) is 10.8. The molecule has 0 radical (unpaired) electrons. The van der Waals surface area contributed by atoms with Gasteiger partial charge in [-0.25, -0.2) is 0 Å². The van der Waals surface area contributed by atoms with E-state index in [9.17, 15) is 5.11 Å². The molecule has 0 spiro atoms. The van der Waals surface area contributed by atoms with Gasteiger partial charge in [0.2, 0.25) is 0 Å². The smallest absolute Gasteiger partial charge is 0.126 e. The van der Waals surface area contributed by atoms with Gasteiger partial charge < -0.3 is 9.84 Å². The SMILES string of the molecule is Oc1c(Cc2cccc(OCc3ccccc3)c2)ccc2ccccc12. The zero-order chi connectivity index (χ0) is 17.8. The number of ether oxygens (including phenoxy) is 1. The van der Waals surface area contributed by atoms with Crippen LogP contribution >= 0.6 is 0 Å². The summed E-state index contributed by atoms with van der Waals surface area (Å²) in [5, 5.41) is 12.5. The third-order valence-corrected chi connectivity index (χ3v) is 4.53. The van der Waals surface area contributed by atoms with E-state index in [1.165, 1.54) is 0 Å². The fourth-order valence-corrected chi connectivity index (χ4v) is 3.15. The number of phenols is 1. The molecule has 4 aromatic rings. The first kappa shape index (κ1) is 16.2. The van der Waals surface area contributed by atoms with Crippen LogP contribution in [0.1, 0.15) is 16.7 Å². The highest BCUT2D eigenvalue weighted by molar-refractivity contribution is 5.89. The van der Waals surface area contributed by atoms with Gasteiger partial charge in [-0.15, -0.1) is 0 Å². The molecule has 0 aliphatic carbocycles. The molecule has 128 valence electrons. The summed E-state index contributed by atoms with van der Waals surface area (Å²) in [7, 11) is 0. The van der Waals surface area contributed by atoms with Gasteiger partial charge in [0.1, 0.15) is 18.1 Å². The first-order chi connectivity index (χ1) is 12.8. The number of rotatable bonds is 5. The second-order valence-corrected chi connectivity index (χ2v) is 6.39. The van der Waals surface area contributed by atoms with Gasteiger partial charge in [-0.2, -0.15) is 0 Å². The Bertz CT molecular complexity index is 1020. The molecule has 0 aliphatic rings. The van der Waals surface area contributed by atoms with E-state index in [0.717, 1.165) is 33.2 Å². The second kappa shape index (κ2) is 7.32. The van der Waals surface area contributed by atoms with Crippen LogP contribution in [0.4, 0.5) is 0 Å². The van der Waals surface area contributed by atoms with Crippen molar-refractivity contribution in [2.75, 3.05) is 0 Å². The topological polar surface area (TPSA) is 29.5 Å². The molecule has 4 aromatic carbocycles. The number of benzene rings is 4. The van der Waals surface area contributed by atoms with Crippen LogP contribution in [-0.2, 0) is 13.0 Å². The monoisotopic (exact) mass is 340 g/mol. The minimum absolute atomic E-state index is 0.360. The van der Waals surface area contributed by atoms with Crippen molar-refractivity contribution < 1.29 is 9.84 Å². The lowest BCUT2D eigenvalue weighted by atomic mass is 9.99.